The van der Waals surface area contributed by atoms with E-state index in [4.69, 9.17) is 26.4 Å². The smallest absolute Gasteiger partial charge is 0.196 e. The molecule has 0 aromatic rings. The zero-order chi connectivity index (χ0) is 10.6. The molecule has 1 saturated heterocycles. The summed E-state index contributed by atoms with van der Waals surface area (Å²) in [6.45, 7) is 5.74. The molecule has 84 valence electrons. The predicted molar refractivity (Wildman–Crippen MR) is 64.6 cm³/mol. The third kappa shape index (κ3) is 4.13. The first-order valence-corrected chi connectivity index (χ1v) is 6.54. The topological polar surface area (TPSA) is 27.7 Å². The highest BCUT2D eigenvalue weighted by molar-refractivity contribution is 8.22. The Hall–Kier alpha value is 0.160. The molecule has 1 unspecified atom stereocenters. The molecule has 0 aromatic carbocycles. The number of rotatable bonds is 2. The summed E-state index contributed by atoms with van der Waals surface area (Å²) in [5.41, 5.74) is -0.163. The molecule has 5 heteroatoms. The third-order valence-electron chi connectivity index (χ3n) is 1.93. The average molecular weight is 238 g/mol. The number of hydrogen-bond acceptors (Lipinski definition) is 4. The van der Waals surface area contributed by atoms with Gasteiger partial charge in [0.1, 0.15) is 12.7 Å². The van der Waals surface area contributed by atoms with Gasteiger partial charge in [-0.2, -0.15) is 11.8 Å². The fourth-order valence-corrected chi connectivity index (χ4v) is 1.36. The van der Waals surface area contributed by atoms with E-state index in [2.05, 4.69) is 0 Å². The van der Waals surface area contributed by atoms with Gasteiger partial charge in [-0.15, -0.1) is 0 Å². The van der Waals surface area contributed by atoms with Crippen molar-refractivity contribution in [1.82, 2.24) is 0 Å². The van der Waals surface area contributed by atoms with Crippen LogP contribution in [-0.2, 0) is 14.2 Å². The molecule has 1 rings (SSSR count). The van der Waals surface area contributed by atoms with Gasteiger partial charge in [-0.05, 0) is 32.3 Å². The van der Waals surface area contributed by atoms with E-state index in [1.54, 1.807) is 0 Å². The van der Waals surface area contributed by atoms with Crippen molar-refractivity contribution in [3.63, 3.8) is 0 Å². The second-order valence-electron chi connectivity index (χ2n) is 3.85. The van der Waals surface area contributed by atoms with Crippen LogP contribution in [-0.4, -0.2) is 42.2 Å². The van der Waals surface area contributed by atoms with Gasteiger partial charge in [-0.1, -0.05) is 0 Å². The van der Waals surface area contributed by atoms with Gasteiger partial charge in [0.2, 0.25) is 0 Å². The summed E-state index contributed by atoms with van der Waals surface area (Å²) in [7, 11) is 0. The largest absolute Gasteiger partial charge is 0.477 e. The van der Waals surface area contributed by atoms with Crippen LogP contribution in [0.1, 0.15) is 13.8 Å². The molecule has 1 aliphatic rings. The Morgan fingerprint density at radius 3 is 2.86 bits per heavy atom. The Labute approximate surface area is 94.5 Å². The molecular formula is C9H18O3S2. The Balaban J connectivity index is 2.19. The average Bonchev–Trinajstić information content (AvgIpc) is 2.16. The highest BCUT2D eigenvalue weighted by Crippen LogP contribution is 2.17. The van der Waals surface area contributed by atoms with E-state index in [-0.39, 0.29) is 11.7 Å². The maximum atomic E-state index is 5.60. The lowest BCUT2D eigenvalue weighted by atomic mass is 10.1. The minimum absolute atomic E-state index is 0.0253. The van der Waals surface area contributed by atoms with E-state index in [0.717, 1.165) is 0 Å². The first kappa shape index (κ1) is 12.2. The Morgan fingerprint density at radius 1 is 1.64 bits per heavy atom. The molecule has 0 N–H and O–H groups in total. The van der Waals surface area contributed by atoms with Crippen LogP contribution < -0.4 is 0 Å². The normalized spacial score (nSPS) is 27.2. The van der Waals surface area contributed by atoms with Crippen molar-refractivity contribution >= 4 is 28.4 Å². The summed E-state index contributed by atoms with van der Waals surface area (Å²) in [5, 5.41) is 0. The van der Waals surface area contributed by atoms with Crippen molar-refractivity contribution < 1.29 is 14.2 Å². The summed E-state index contributed by atoms with van der Waals surface area (Å²) >= 11 is 5.52. The lowest BCUT2D eigenvalue weighted by Crippen LogP contribution is -2.44. The molecule has 0 radical (unpaired) electrons. The quantitative estimate of drug-likeness (QED) is 0.678. The Bertz CT molecular complexity index is 196. The van der Waals surface area contributed by atoms with E-state index in [9.17, 15) is 0 Å². The zero-order valence-electron chi connectivity index (χ0n) is 8.83. The van der Waals surface area contributed by atoms with E-state index in [0.29, 0.717) is 36.0 Å². The summed E-state index contributed by atoms with van der Waals surface area (Å²) in [6.07, 6.45) is 2.03. The van der Waals surface area contributed by atoms with E-state index < -0.39 is 0 Å². The van der Waals surface area contributed by atoms with E-state index in [1.165, 1.54) is 0 Å². The number of hydrogen-bond donors (Lipinski definition) is 0. The minimum atomic E-state index is -0.163. The fourth-order valence-electron chi connectivity index (χ4n) is 1.06. The number of ether oxygens (including phenoxy) is 3. The van der Waals surface area contributed by atoms with E-state index in [1.807, 2.05) is 20.1 Å². The highest BCUT2D eigenvalue weighted by atomic mass is 32.2. The van der Waals surface area contributed by atoms with Gasteiger partial charge in [0.25, 0.3) is 0 Å². The molecule has 1 fully saturated rings. The van der Waals surface area contributed by atoms with Gasteiger partial charge < -0.3 is 14.2 Å². The lowest BCUT2D eigenvalue weighted by molar-refractivity contribution is -0.181. The summed E-state index contributed by atoms with van der Waals surface area (Å²) in [6, 6.07) is 0. The van der Waals surface area contributed by atoms with Gasteiger partial charge in [-0.3, -0.25) is 0 Å². The SMILES string of the molecule is C[SH2]C(=S)OCC1COC(C)(C)CO1. The minimum Gasteiger partial charge on any atom is -0.477 e. The zero-order valence-corrected chi connectivity index (χ0v) is 10.6. The van der Waals surface area contributed by atoms with Crippen LogP contribution in [0.2, 0.25) is 0 Å². The molecule has 14 heavy (non-hydrogen) atoms. The van der Waals surface area contributed by atoms with Crippen molar-refractivity contribution in [3.8, 4) is 0 Å². The molecule has 1 aliphatic heterocycles. The van der Waals surface area contributed by atoms with Crippen molar-refractivity contribution in [2.45, 2.75) is 25.6 Å². The van der Waals surface area contributed by atoms with Crippen LogP contribution in [0.15, 0.2) is 0 Å². The van der Waals surface area contributed by atoms with Crippen LogP contribution >= 0.6 is 24.0 Å². The molecular weight excluding hydrogens is 220 g/mol. The first-order valence-electron chi connectivity index (χ1n) is 4.63. The Kier molecular flexibility index (Phi) is 4.63. The van der Waals surface area contributed by atoms with Crippen LogP contribution in [0, 0.1) is 0 Å². The van der Waals surface area contributed by atoms with Crippen LogP contribution in [0.4, 0.5) is 0 Å². The molecule has 0 bridgehead atoms. The summed E-state index contributed by atoms with van der Waals surface area (Å²) < 4.78 is 17.2. The molecule has 0 spiro atoms. The van der Waals surface area contributed by atoms with Crippen LogP contribution in [0.25, 0.3) is 0 Å². The second-order valence-corrected chi connectivity index (χ2v) is 5.54. The molecule has 3 nitrogen and oxygen atoms in total. The maximum absolute atomic E-state index is 5.60. The predicted octanol–water partition coefficient (Wildman–Crippen LogP) is 1.31. The molecule has 1 heterocycles. The van der Waals surface area contributed by atoms with Crippen molar-refractivity contribution in [1.29, 1.82) is 0 Å². The first-order chi connectivity index (χ1) is 6.53. The second kappa shape index (κ2) is 5.30. The van der Waals surface area contributed by atoms with Crippen molar-refractivity contribution in [2.24, 2.45) is 0 Å². The molecule has 0 aromatic heterocycles. The van der Waals surface area contributed by atoms with E-state index >= 15 is 0 Å². The molecule has 0 saturated carbocycles. The van der Waals surface area contributed by atoms with Gasteiger partial charge in [0.05, 0.1) is 18.8 Å². The van der Waals surface area contributed by atoms with Crippen molar-refractivity contribution in [2.75, 3.05) is 26.1 Å². The molecule has 1 atom stereocenters. The van der Waals surface area contributed by atoms with Crippen molar-refractivity contribution in [3.05, 3.63) is 0 Å². The third-order valence-corrected chi connectivity index (χ3v) is 3.21. The molecule has 0 amide bonds. The maximum Gasteiger partial charge on any atom is 0.196 e. The fraction of sp³-hybridized carbons (Fsp3) is 0.889. The monoisotopic (exact) mass is 238 g/mol. The lowest BCUT2D eigenvalue weighted by Gasteiger charge is -2.34. The standard InChI is InChI=1S/C9H18O3S2/c1-9(2)6-11-7(5-12-9)4-10-8(13)14-3/h7H,4-6,14H2,1-3H3. The van der Waals surface area contributed by atoms with Crippen LogP contribution in [0.3, 0.4) is 0 Å². The summed E-state index contributed by atoms with van der Waals surface area (Å²) in [4.78, 5) is 0. The summed E-state index contributed by atoms with van der Waals surface area (Å²) in [5.74, 6) is 0. The van der Waals surface area contributed by atoms with Gasteiger partial charge >= 0.3 is 0 Å². The van der Waals surface area contributed by atoms with Gasteiger partial charge in [0, 0.05) is 0 Å². The Morgan fingerprint density at radius 2 is 2.36 bits per heavy atom. The number of thiocarbonyl (C=S) groups is 1. The van der Waals surface area contributed by atoms with Gasteiger partial charge in [0.15, 0.2) is 4.38 Å². The van der Waals surface area contributed by atoms with Crippen LogP contribution in [0.5, 0.6) is 0 Å². The molecule has 0 aliphatic carbocycles. The highest BCUT2D eigenvalue weighted by Gasteiger charge is 2.28. The van der Waals surface area contributed by atoms with Gasteiger partial charge in [-0.25, -0.2) is 0 Å².